The van der Waals surface area contributed by atoms with Gasteiger partial charge in [0, 0.05) is 6.42 Å². The Morgan fingerprint density at radius 3 is 1.56 bits per heavy atom. The van der Waals surface area contributed by atoms with Gasteiger partial charge in [-0.25, -0.2) is 0 Å². The van der Waals surface area contributed by atoms with Gasteiger partial charge < -0.3 is 9.59 Å². The molecule has 1 N–H and O–H groups in total. The quantitative estimate of drug-likeness (QED) is 0.153. The van der Waals surface area contributed by atoms with Gasteiger partial charge in [-0.3, -0.25) is 0 Å². The lowest BCUT2D eigenvalue weighted by Gasteiger charge is -2.50. The number of aliphatic hydroxyl groups is 1. The fraction of sp³-hybridized carbons (Fsp3) is 1.00. The van der Waals surface area contributed by atoms with Crippen molar-refractivity contribution in [2.24, 2.45) is 11.8 Å². The lowest BCUT2D eigenvalue weighted by molar-refractivity contribution is -0.924. The first-order valence-electron chi connectivity index (χ1n) is 14.8. The highest BCUT2D eigenvalue weighted by Crippen LogP contribution is 2.40. The van der Waals surface area contributed by atoms with E-state index in [1.807, 2.05) is 0 Å². The summed E-state index contributed by atoms with van der Waals surface area (Å²) in [6, 6.07) is 0.389. The summed E-state index contributed by atoms with van der Waals surface area (Å²) in [5.41, 5.74) is -0.496. The van der Waals surface area contributed by atoms with Crippen LogP contribution in [0.4, 0.5) is 0 Å². The maximum absolute atomic E-state index is 11.1. The second-order valence-electron chi connectivity index (χ2n) is 12.5. The average Bonchev–Trinajstić information content (AvgIpc) is 2.72. The van der Waals surface area contributed by atoms with Crippen LogP contribution in [-0.2, 0) is 0 Å². The molecule has 0 heterocycles. The molecule has 2 nitrogen and oxygen atoms in total. The van der Waals surface area contributed by atoms with Crippen LogP contribution in [0.3, 0.4) is 0 Å². The van der Waals surface area contributed by atoms with Crippen molar-refractivity contribution in [2.45, 2.75) is 161 Å². The first-order chi connectivity index (χ1) is 15.2. The van der Waals surface area contributed by atoms with Gasteiger partial charge in [-0.2, -0.15) is 0 Å². The minimum Gasteiger partial charge on any atom is -0.384 e. The molecule has 1 fully saturated rings. The molecule has 0 aliphatic heterocycles. The van der Waals surface area contributed by atoms with E-state index in [1.54, 1.807) is 0 Å². The summed E-state index contributed by atoms with van der Waals surface area (Å²) >= 11 is 0. The van der Waals surface area contributed by atoms with Gasteiger partial charge in [0.25, 0.3) is 0 Å². The lowest BCUT2D eigenvalue weighted by atomic mass is 9.71. The number of nitrogens with zero attached hydrogens (tertiary/aromatic N) is 1. The molecule has 0 bridgehead atoms. The van der Waals surface area contributed by atoms with E-state index in [2.05, 4.69) is 41.8 Å². The normalized spacial score (nSPS) is 24.4. The van der Waals surface area contributed by atoms with Crippen molar-refractivity contribution in [1.29, 1.82) is 0 Å². The van der Waals surface area contributed by atoms with Crippen molar-refractivity contribution in [3.8, 4) is 0 Å². The van der Waals surface area contributed by atoms with Gasteiger partial charge in [0.1, 0.15) is 11.6 Å². The number of unbranched alkanes of at least 4 members (excludes halogenated alkanes) is 15. The zero-order valence-electron chi connectivity index (χ0n) is 23.3. The molecule has 0 radical (unpaired) electrons. The van der Waals surface area contributed by atoms with Crippen LogP contribution < -0.4 is 0 Å². The molecule has 1 aliphatic carbocycles. The summed E-state index contributed by atoms with van der Waals surface area (Å²) in [5, 5.41) is 11.1. The molecule has 1 saturated carbocycles. The van der Waals surface area contributed by atoms with Crippen LogP contribution in [0, 0.1) is 11.8 Å². The van der Waals surface area contributed by atoms with Gasteiger partial charge in [-0.05, 0) is 44.4 Å². The monoisotopic (exact) mass is 452 g/mol. The third-order valence-electron chi connectivity index (χ3n) is 8.64. The van der Waals surface area contributed by atoms with Crippen molar-refractivity contribution >= 4 is 0 Å². The molecule has 0 aromatic heterocycles. The molecule has 2 heteroatoms. The number of likely N-dealkylation sites (N-methyl/N-ethyl adjacent to an activating group) is 1. The zero-order valence-corrected chi connectivity index (χ0v) is 23.3. The molecule has 192 valence electrons. The van der Waals surface area contributed by atoms with E-state index >= 15 is 0 Å². The van der Waals surface area contributed by atoms with E-state index in [0.717, 1.165) is 22.7 Å². The second kappa shape index (κ2) is 16.5. The summed E-state index contributed by atoms with van der Waals surface area (Å²) in [6.45, 7) is 10.3. The highest BCUT2D eigenvalue weighted by atomic mass is 16.3. The molecule has 1 aliphatic rings. The predicted octanol–water partition coefficient (Wildman–Crippen LogP) is 8.90. The Morgan fingerprint density at radius 1 is 0.750 bits per heavy atom. The minimum absolute atomic E-state index is 0.389. The zero-order chi connectivity index (χ0) is 23.9. The molecular formula is C30H62NO+. The fourth-order valence-corrected chi connectivity index (χ4v) is 6.17. The van der Waals surface area contributed by atoms with Gasteiger partial charge in [-0.1, -0.05) is 111 Å². The smallest absolute Gasteiger partial charge is 0.118 e. The van der Waals surface area contributed by atoms with E-state index in [-0.39, 0.29) is 0 Å². The van der Waals surface area contributed by atoms with Crippen molar-refractivity contribution in [3.63, 3.8) is 0 Å². The number of quaternary nitrogens is 1. The third kappa shape index (κ3) is 12.4. The second-order valence-corrected chi connectivity index (χ2v) is 12.5. The fourth-order valence-electron chi connectivity index (χ4n) is 6.17. The minimum atomic E-state index is -0.496. The number of rotatable bonds is 19. The molecule has 0 saturated heterocycles. The summed E-state index contributed by atoms with van der Waals surface area (Å²) < 4.78 is 0.995. The van der Waals surface area contributed by atoms with E-state index in [1.165, 1.54) is 122 Å². The molecular weight excluding hydrogens is 390 g/mol. The lowest BCUT2D eigenvalue weighted by Crippen LogP contribution is -2.62. The van der Waals surface area contributed by atoms with Crippen LogP contribution in [0.1, 0.15) is 150 Å². The molecule has 3 atom stereocenters. The number of hydrogen-bond donors (Lipinski definition) is 1. The van der Waals surface area contributed by atoms with Gasteiger partial charge in [0.15, 0.2) is 0 Å². The molecule has 3 unspecified atom stereocenters. The van der Waals surface area contributed by atoms with Crippen molar-refractivity contribution in [2.75, 3.05) is 20.6 Å². The Balaban J connectivity index is 2.03. The maximum atomic E-state index is 11.1. The molecule has 0 amide bonds. The standard InChI is InChI=1S/C30H62NO/c1-7-8-9-10-11-12-13-14-15-16-17-18-19-20-21-22-25-31(5,6)29-26-28(27(2)3)23-24-30(29,4)32/h27-29,32H,7-26H2,1-6H3/q+1. The van der Waals surface area contributed by atoms with Crippen molar-refractivity contribution in [3.05, 3.63) is 0 Å². The van der Waals surface area contributed by atoms with E-state index in [0.29, 0.717) is 6.04 Å². The predicted molar refractivity (Wildman–Crippen MR) is 143 cm³/mol. The van der Waals surface area contributed by atoms with Crippen LogP contribution in [-0.4, -0.2) is 41.9 Å². The van der Waals surface area contributed by atoms with Gasteiger partial charge in [0.2, 0.25) is 0 Å². The molecule has 0 spiro atoms. The molecule has 32 heavy (non-hydrogen) atoms. The molecule has 0 aromatic rings. The topological polar surface area (TPSA) is 20.2 Å². The average molecular weight is 453 g/mol. The number of hydrogen-bond acceptors (Lipinski definition) is 1. The Kier molecular flexibility index (Phi) is 15.5. The maximum Gasteiger partial charge on any atom is 0.118 e. The van der Waals surface area contributed by atoms with E-state index in [4.69, 9.17) is 0 Å². The van der Waals surface area contributed by atoms with Crippen LogP contribution in [0.25, 0.3) is 0 Å². The van der Waals surface area contributed by atoms with Gasteiger partial charge in [-0.15, -0.1) is 0 Å². The largest absolute Gasteiger partial charge is 0.384 e. The Morgan fingerprint density at radius 2 is 1.16 bits per heavy atom. The third-order valence-corrected chi connectivity index (χ3v) is 8.64. The van der Waals surface area contributed by atoms with Crippen molar-refractivity contribution in [1.82, 2.24) is 0 Å². The Bertz CT molecular complexity index is 442. The van der Waals surface area contributed by atoms with Crippen molar-refractivity contribution < 1.29 is 9.59 Å². The highest BCUT2D eigenvalue weighted by Gasteiger charge is 2.47. The van der Waals surface area contributed by atoms with Crippen LogP contribution in [0.15, 0.2) is 0 Å². The van der Waals surface area contributed by atoms with Crippen LogP contribution in [0.5, 0.6) is 0 Å². The first kappa shape index (κ1) is 30.0. The first-order valence-corrected chi connectivity index (χ1v) is 14.8. The SMILES string of the molecule is CCCCCCCCCCCCCCCCCC[N+](C)(C)C1CC(C(C)C)CCC1(C)O. The van der Waals surface area contributed by atoms with E-state index in [9.17, 15) is 5.11 Å². The highest BCUT2D eigenvalue weighted by molar-refractivity contribution is 4.91. The summed E-state index contributed by atoms with van der Waals surface area (Å²) in [5.74, 6) is 1.52. The molecule has 0 aromatic carbocycles. The van der Waals surface area contributed by atoms with Crippen LogP contribution in [0.2, 0.25) is 0 Å². The van der Waals surface area contributed by atoms with Gasteiger partial charge in [0.05, 0.1) is 20.6 Å². The Hall–Kier alpha value is -0.0800. The summed E-state index contributed by atoms with van der Waals surface area (Å²) in [7, 11) is 4.74. The summed E-state index contributed by atoms with van der Waals surface area (Å²) in [4.78, 5) is 0. The Labute approximate surface area is 203 Å². The summed E-state index contributed by atoms with van der Waals surface area (Å²) in [6.07, 6.45) is 26.2. The van der Waals surface area contributed by atoms with E-state index < -0.39 is 5.60 Å². The molecule has 1 rings (SSSR count). The van der Waals surface area contributed by atoms with Crippen LogP contribution >= 0.6 is 0 Å². The van der Waals surface area contributed by atoms with Gasteiger partial charge >= 0.3 is 0 Å².